The Morgan fingerprint density at radius 1 is 1.38 bits per heavy atom. The van der Waals surface area contributed by atoms with Crippen molar-refractivity contribution in [2.75, 3.05) is 13.7 Å². The van der Waals surface area contributed by atoms with Gasteiger partial charge in [0.1, 0.15) is 5.76 Å². The highest BCUT2D eigenvalue weighted by atomic mass is 16.5. The summed E-state index contributed by atoms with van der Waals surface area (Å²) in [5, 5.41) is 0. The fraction of sp³-hybridized carbons (Fsp3) is 0.278. The summed E-state index contributed by atoms with van der Waals surface area (Å²) in [5.41, 5.74) is 0.884. The van der Waals surface area contributed by atoms with Gasteiger partial charge in [-0.15, -0.1) is 0 Å². The smallest absolute Gasteiger partial charge is 0.310 e. The second-order valence-electron chi connectivity index (χ2n) is 5.35. The number of esters is 1. The van der Waals surface area contributed by atoms with Gasteiger partial charge in [0.15, 0.2) is 0 Å². The van der Waals surface area contributed by atoms with E-state index in [2.05, 4.69) is 4.98 Å². The Hall–Kier alpha value is -2.89. The maximum absolute atomic E-state index is 12.5. The van der Waals surface area contributed by atoms with Crippen LogP contribution in [0.4, 0.5) is 0 Å². The predicted molar refractivity (Wildman–Crippen MR) is 88.6 cm³/mol. The van der Waals surface area contributed by atoms with Gasteiger partial charge in [0, 0.05) is 31.6 Å². The molecule has 0 aliphatic carbocycles. The molecule has 0 fully saturated rings. The molecule has 1 amide bonds. The number of aromatic nitrogens is 1. The summed E-state index contributed by atoms with van der Waals surface area (Å²) < 4.78 is 9.92. The number of carbonyl (C=O) groups is 2. The maximum atomic E-state index is 12.5. The molecular weight excluding hydrogens is 308 g/mol. The van der Waals surface area contributed by atoms with Gasteiger partial charge in [-0.3, -0.25) is 14.6 Å². The maximum Gasteiger partial charge on any atom is 0.310 e. The second-order valence-corrected chi connectivity index (χ2v) is 5.35. The number of ether oxygens (including phenoxy) is 1. The number of amides is 1. The van der Waals surface area contributed by atoms with Crippen LogP contribution in [0, 0.1) is 5.92 Å². The second kappa shape index (κ2) is 8.67. The number of hydrogen-bond donors (Lipinski definition) is 0. The monoisotopic (exact) mass is 328 g/mol. The Morgan fingerprint density at radius 2 is 2.21 bits per heavy atom. The van der Waals surface area contributed by atoms with Crippen molar-refractivity contribution < 1.29 is 18.7 Å². The molecule has 2 rings (SSSR count). The van der Waals surface area contributed by atoms with E-state index in [1.165, 1.54) is 19.4 Å². The fourth-order valence-corrected chi connectivity index (χ4v) is 2.20. The lowest BCUT2D eigenvalue weighted by Gasteiger charge is -2.23. The van der Waals surface area contributed by atoms with Crippen LogP contribution in [0.25, 0.3) is 6.08 Å². The molecule has 0 bridgehead atoms. The van der Waals surface area contributed by atoms with Crippen molar-refractivity contribution in [2.24, 2.45) is 5.92 Å². The fourth-order valence-electron chi connectivity index (χ4n) is 2.20. The van der Waals surface area contributed by atoms with Gasteiger partial charge in [-0.25, -0.2) is 0 Å². The molecule has 0 spiro atoms. The number of furan rings is 1. The first kappa shape index (κ1) is 17.5. The van der Waals surface area contributed by atoms with E-state index in [4.69, 9.17) is 9.15 Å². The average Bonchev–Trinajstić information content (AvgIpc) is 3.12. The van der Waals surface area contributed by atoms with E-state index in [0.29, 0.717) is 12.3 Å². The molecule has 0 aliphatic heterocycles. The van der Waals surface area contributed by atoms with Gasteiger partial charge >= 0.3 is 5.97 Å². The average molecular weight is 328 g/mol. The van der Waals surface area contributed by atoms with Gasteiger partial charge in [0.05, 0.1) is 19.3 Å². The molecule has 2 aromatic heterocycles. The lowest BCUT2D eigenvalue weighted by Crippen LogP contribution is -2.35. The molecule has 1 atom stereocenters. The molecule has 0 radical (unpaired) electrons. The van der Waals surface area contributed by atoms with Crippen LogP contribution >= 0.6 is 0 Å². The molecule has 126 valence electrons. The zero-order valence-corrected chi connectivity index (χ0v) is 13.7. The molecule has 6 heteroatoms. The Labute approximate surface area is 140 Å². The molecule has 2 aromatic rings. The third-order valence-electron chi connectivity index (χ3n) is 3.44. The zero-order chi connectivity index (χ0) is 17.4. The number of hydrogen-bond acceptors (Lipinski definition) is 5. The zero-order valence-electron chi connectivity index (χ0n) is 13.7. The molecule has 2 heterocycles. The van der Waals surface area contributed by atoms with Crippen LogP contribution in [-0.2, 0) is 20.9 Å². The summed E-state index contributed by atoms with van der Waals surface area (Å²) in [6.45, 7) is 2.34. The molecule has 0 aliphatic rings. The van der Waals surface area contributed by atoms with E-state index < -0.39 is 5.92 Å². The SMILES string of the molecule is COC(=O)C(C)CN(Cc1cccnc1)C(=O)/C=C/c1ccco1. The van der Waals surface area contributed by atoms with E-state index in [-0.39, 0.29) is 18.4 Å². The van der Waals surface area contributed by atoms with Crippen molar-refractivity contribution >= 4 is 18.0 Å². The number of methoxy groups -OCH3 is 1. The highest BCUT2D eigenvalue weighted by molar-refractivity contribution is 5.91. The van der Waals surface area contributed by atoms with Crippen LogP contribution in [0.1, 0.15) is 18.2 Å². The summed E-state index contributed by atoms with van der Waals surface area (Å²) in [6, 6.07) is 7.19. The lowest BCUT2D eigenvalue weighted by molar-refractivity contribution is -0.146. The molecule has 1 unspecified atom stereocenters. The molecule has 6 nitrogen and oxygen atoms in total. The molecular formula is C18H20N2O4. The van der Waals surface area contributed by atoms with Gasteiger partial charge in [0.2, 0.25) is 5.91 Å². The minimum atomic E-state index is -0.423. The van der Waals surface area contributed by atoms with Crippen LogP contribution in [-0.4, -0.2) is 35.4 Å². The quantitative estimate of drug-likeness (QED) is 0.577. The van der Waals surface area contributed by atoms with Crippen LogP contribution in [0.5, 0.6) is 0 Å². The van der Waals surface area contributed by atoms with Gasteiger partial charge in [-0.05, 0) is 29.8 Å². The summed E-state index contributed by atoms with van der Waals surface area (Å²) in [7, 11) is 1.34. The lowest BCUT2D eigenvalue weighted by atomic mass is 10.1. The first-order chi connectivity index (χ1) is 11.6. The topological polar surface area (TPSA) is 72.6 Å². The van der Waals surface area contributed by atoms with Gasteiger partial charge in [-0.1, -0.05) is 13.0 Å². The molecule has 0 saturated carbocycles. The minimum Gasteiger partial charge on any atom is -0.469 e. The van der Waals surface area contributed by atoms with Crippen molar-refractivity contribution in [1.29, 1.82) is 0 Å². The van der Waals surface area contributed by atoms with Crippen molar-refractivity contribution in [3.8, 4) is 0 Å². The van der Waals surface area contributed by atoms with E-state index >= 15 is 0 Å². The number of carbonyl (C=O) groups excluding carboxylic acids is 2. The van der Waals surface area contributed by atoms with Gasteiger partial charge < -0.3 is 14.1 Å². The van der Waals surface area contributed by atoms with E-state index in [1.54, 1.807) is 48.5 Å². The van der Waals surface area contributed by atoms with Crippen molar-refractivity contribution in [2.45, 2.75) is 13.5 Å². The third-order valence-corrected chi connectivity index (χ3v) is 3.44. The molecule has 0 saturated heterocycles. The predicted octanol–water partition coefficient (Wildman–Crippen LogP) is 2.53. The van der Waals surface area contributed by atoms with E-state index in [1.807, 2.05) is 6.07 Å². The molecule has 0 aromatic carbocycles. The van der Waals surface area contributed by atoms with Crippen LogP contribution < -0.4 is 0 Å². The van der Waals surface area contributed by atoms with Crippen LogP contribution in [0.3, 0.4) is 0 Å². The first-order valence-electron chi connectivity index (χ1n) is 7.57. The van der Waals surface area contributed by atoms with Crippen molar-refractivity contribution in [1.82, 2.24) is 9.88 Å². The van der Waals surface area contributed by atoms with Crippen LogP contribution in [0.15, 0.2) is 53.4 Å². The summed E-state index contributed by atoms with van der Waals surface area (Å²) in [4.78, 5) is 29.8. The Morgan fingerprint density at radius 3 is 2.83 bits per heavy atom. The number of rotatable bonds is 7. The summed E-state index contributed by atoms with van der Waals surface area (Å²) in [6.07, 6.45) is 7.93. The third kappa shape index (κ3) is 5.08. The van der Waals surface area contributed by atoms with Crippen molar-refractivity contribution in [3.63, 3.8) is 0 Å². The normalized spacial score (nSPS) is 12.1. The Bertz CT molecular complexity index is 680. The van der Waals surface area contributed by atoms with Gasteiger partial charge in [0.25, 0.3) is 0 Å². The Balaban J connectivity index is 2.11. The van der Waals surface area contributed by atoms with Crippen molar-refractivity contribution in [3.05, 3.63) is 60.3 Å². The number of nitrogens with zero attached hydrogens (tertiary/aromatic N) is 2. The first-order valence-corrected chi connectivity index (χ1v) is 7.57. The number of pyridine rings is 1. The molecule has 24 heavy (non-hydrogen) atoms. The van der Waals surface area contributed by atoms with Crippen LogP contribution in [0.2, 0.25) is 0 Å². The largest absolute Gasteiger partial charge is 0.469 e. The minimum absolute atomic E-state index is 0.217. The molecule has 0 N–H and O–H groups in total. The highest BCUT2D eigenvalue weighted by Gasteiger charge is 2.20. The van der Waals surface area contributed by atoms with E-state index in [9.17, 15) is 9.59 Å². The Kier molecular flexibility index (Phi) is 6.31. The summed E-state index contributed by atoms with van der Waals surface area (Å²) >= 11 is 0. The van der Waals surface area contributed by atoms with E-state index in [0.717, 1.165) is 5.56 Å². The van der Waals surface area contributed by atoms with Gasteiger partial charge in [-0.2, -0.15) is 0 Å². The standard InChI is InChI=1S/C18H20N2O4/c1-14(18(22)23-2)12-20(13-15-5-3-9-19-11-15)17(21)8-7-16-6-4-10-24-16/h3-11,14H,12-13H2,1-2H3/b8-7+. The summed E-state index contributed by atoms with van der Waals surface area (Å²) in [5.74, 6) is -0.404. The highest BCUT2D eigenvalue weighted by Crippen LogP contribution is 2.10.